The molecule has 4 heteroatoms. The summed E-state index contributed by atoms with van der Waals surface area (Å²) in [5, 5.41) is 6.85. The Bertz CT molecular complexity index is 225. The van der Waals surface area contributed by atoms with E-state index in [-0.39, 0.29) is 0 Å². The van der Waals surface area contributed by atoms with E-state index in [0.29, 0.717) is 24.0 Å². The lowest BCUT2D eigenvalue weighted by Gasteiger charge is -2.24. The molecule has 118 valence electrons. The Morgan fingerprint density at radius 1 is 0.850 bits per heavy atom. The standard InChI is InChI=1S/C16H32N2O2/c1-3-15(13-5-7-17-11-13)19-9-10-20-16(4-2)14-6-8-18-12-14/h13-18H,3-12H2,1-2H3. The van der Waals surface area contributed by atoms with Crippen LogP contribution in [0.3, 0.4) is 0 Å². The highest BCUT2D eigenvalue weighted by Gasteiger charge is 2.25. The topological polar surface area (TPSA) is 42.5 Å². The fourth-order valence-corrected chi connectivity index (χ4v) is 3.56. The zero-order valence-corrected chi connectivity index (χ0v) is 13.2. The SMILES string of the molecule is CCC(OCCOC(CC)C1CCNC1)C1CCNC1. The number of ether oxygens (including phenoxy) is 2. The van der Waals surface area contributed by atoms with Crippen LogP contribution in [0.4, 0.5) is 0 Å². The molecule has 0 aromatic carbocycles. The summed E-state index contributed by atoms with van der Waals surface area (Å²) in [4.78, 5) is 0. The highest BCUT2D eigenvalue weighted by Crippen LogP contribution is 2.20. The summed E-state index contributed by atoms with van der Waals surface area (Å²) in [6, 6.07) is 0. The molecule has 0 aromatic rings. The number of hydrogen-bond acceptors (Lipinski definition) is 4. The van der Waals surface area contributed by atoms with Gasteiger partial charge in [-0.1, -0.05) is 13.8 Å². The summed E-state index contributed by atoms with van der Waals surface area (Å²) in [5.41, 5.74) is 0. The monoisotopic (exact) mass is 284 g/mol. The summed E-state index contributed by atoms with van der Waals surface area (Å²) in [5.74, 6) is 1.39. The maximum Gasteiger partial charge on any atom is 0.0704 e. The minimum Gasteiger partial charge on any atom is -0.376 e. The highest BCUT2D eigenvalue weighted by atomic mass is 16.5. The predicted molar refractivity (Wildman–Crippen MR) is 82.0 cm³/mol. The van der Waals surface area contributed by atoms with E-state index in [2.05, 4.69) is 24.5 Å². The normalized spacial score (nSPS) is 29.7. The van der Waals surface area contributed by atoms with Crippen molar-refractivity contribution >= 4 is 0 Å². The van der Waals surface area contributed by atoms with Gasteiger partial charge in [0.25, 0.3) is 0 Å². The van der Waals surface area contributed by atoms with Gasteiger partial charge in [-0.2, -0.15) is 0 Å². The molecule has 4 atom stereocenters. The van der Waals surface area contributed by atoms with Crippen molar-refractivity contribution in [2.75, 3.05) is 39.4 Å². The van der Waals surface area contributed by atoms with Crippen molar-refractivity contribution in [3.05, 3.63) is 0 Å². The Kier molecular flexibility index (Phi) is 7.28. The van der Waals surface area contributed by atoms with E-state index in [1.54, 1.807) is 0 Å². The minimum absolute atomic E-state index is 0.404. The van der Waals surface area contributed by atoms with E-state index in [1.807, 2.05) is 0 Å². The molecule has 2 aliphatic heterocycles. The smallest absolute Gasteiger partial charge is 0.0704 e. The van der Waals surface area contributed by atoms with Gasteiger partial charge in [0, 0.05) is 13.1 Å². The Labute approximate surface area is 124 Å². The van der Waals surface area contributed by atoms with Crippen molar-refractivity contribution in [1.29, 1.82) is 0 Å². The summed E-state index contributed by atoms with van der Waals surface area (Å²) < 4.78 is 12.1. The molecule has 2 heterocycles. The number of nitrogens with one attached hydrogen (secondary N) is 2. The lowest BCUT2D eigenvalue weighted by Crippen LogP contribution is -2.29. The lowest BCUT2D eigenvalue weighted by atomic mass is 9.99. The van der Waals surface area contributed by atoms with Gasteiger partial charge in [-0.15, -0.1) is 0 Å². The quantitative estimate of drug-likeness (QED) is 0.634. The molecule has 2 rings (SSSR count). The van der Waals surface area contributed by atoms with E-state index in [4.69, 9.17) is 9.47 Å². The molecular weight excluding hydrogens is 252 g/mol. The largest absolute Gasteiger partial charge is 0.376 e. The van der Waals surface area contributed by atoms with Gasteiger partial charge in [-0.3, -0.25) is 0 Å². The average molecular weight is 284 g/mol. The van der Waals surface area contributed by atoms with Crippen molar-refractivity contribution in [1.82, 2.24) is 10.6 Å². The van der Waals surface area contributed by atoms with E-state index in [9.17, 15) is 0 Å². The molecule has 4 unspecified atom stereocenters. The van der Waals surface area contributed by atoms with Crippen molar-refractivity contribution in [3.8, 4) is 0 Å². The van der Waals surface area contributed by atoms with Crippen molar-refractivity contribution in [2.45, 2.75) is 51.7 Å². The summed E-state index contributed by atoms with van der Waals surface area (Å²) >= 11 is 0. The molecule has 2 aliphatic rings. The first-order valence-electron chi connectivity index (χ1n) is 8.49. The zero-order chi connectivity index (χ0) is 14.2. The van der Waals surface area contributed by atoms with Gasteiger partial charge in [0.1, 0.15) is 0 Å². The van der Waals surface area contributed by atoms with E-state index in [0.717, 1.165) is 52.2 Å². The molecule has 0 spiro atoms. The second-order valence-corrected chi connectivity index (χ2v) is 6.14. The van der Waals surface area contributed by atoms with E-state index in [1.165, 1.54) is 12.8 Å². The van der Waals surface area contributed by atoms with Crippen LogP contribution >= 0.6 is 0 Å². The third kappa shape index (κ3) is 4.69. The van der Waals surface area contributed by atoms with Gasteiger partial charge in [-0.05, 0) is 50.6 Å². The summed E-state index contributed by atoms with van der Waals surface area (Å²) in [6.45, 7) is 10.5. The maximum atomic E-state index is 6.05. The average Bonchev–Trinajstić information content (AvgIpc) is 3.15. The van der Waals surface area contributed by atoms with Crippen LogP contribution in [0.25, 0.3) is 0 Å². The van der Waals surface area contributed by atoms with Crippen molar-refractivity contribution in [3.63, 3.8) is 0 Å². The fourth-order valence-electron chi connectivity index (χ4n) is 3.56. The third-order valence-corrected chi connectivity index (χ3v) is 4.80. The van der Waals surface area contributed by atoms with E-state index >= 15 is 0 Å². The van der Waals surface area contributed by atoms with Gasteiger partial charge in [0.2, 0.25) is 0 Å². The zero-order valence-electron chi connectivity index (χ0n) is 13.2. The summed E-state index contributed by atoms with van der Waals surface area (Å²) in [7, 11) is 0. The van der Waals surface area contributed by atoms with Crippen LogP contribution in [-0.4, -0.2) is 51.6 Å². The third-order valence-electron chi connectivity index (χ3n) is 4.80. The predicted octanol–water partition coefficient (Wildman–Crippen LogP) is 1.80. The van der Waals surface area contributed by atoms with Crippen LogP contribution in [0, 0.1) is 11.8 Å². The number of rotatable bonds is 9. The molecule has 0 amide bonds. The Balaban J connectivity index is 1.61. The Hall–Kier alpha value is -0.160. The molecule has 0 aromatic heterocycles. The highest BCUT2D eigenvalue weighted by molar-refractivity contribution is 4.79. The van der Waals surface area contributed by atoms with Crippen molar-refractivity contribution < 1.29 is 9.47 Å². The first-order chi connectivity index (χ1) is 9.85. The Morgan fingerprint density at radius 2 is 1.30 bits per heavy atom. The van der Waals surface area contributed by atoms with Crippen molar-refractivity contribution in [2.24, 2.45) is 11.8 Å². The number of hydrogen-bond donors (Lipinski definition) is 2. The molecule has 0 aliphatic carbocycles. The van der Waals surface area contributed by atoms with Crippen LogP contribution in [0.1, 0.15) is 39.5 Å². The van der Waals surface area contributed by atoms with Crippen LogP contribution in [0.2, 0.25) is 0 Å². The Morgan fingerprint density at radius 3 is 1.60 bits per heavy atom. The second-order valence-electron chi connectivity index (χ2n) is 6.14. The maximum absolute atomic E-state index is 6.05. The molecular formula is C16H32N2O2. The van der Waals surface area contributed by atoms with Gasteiger partial charge >= 0.3 is 0 Å². The molecule has 4 nitrogen and oxygen atoms in total. The van der Waals surface area contributed by atoms with Crippen LogP contribution < -0.4 is 10.6 Å². The van der Waals surface area contributed by atoms with Crippen LogP contribution in [-0.2, 0) is 9.47 Å². The molecule has 0 bridgehead atoms. The molecule has 0 radical (unpaired) electrons. The summed E-state index contributed by atoms with van der Waals surface area (Å²) in [6.07, 6.45) is 5.53. The van der Waals surface area contributed by atoms with Gasteiger partial charge in [-0.25, -0.2) is 0 Å². The molecule has 20 heavy (non-hydrogen) atoms. The van der Waals surface area contributed by atoms with Gasteiger partial charge in [0.05, 0.1) is 25.4 Å². The fraction of sp³-hybridized carbons (Fsp3) is 1.00. The molecule has 0 saturated carbocycles. The minimum atomic E-state index is 0.404. The van der Waals surface area contributed by atoms with Gasteiger partial charge in [0.15, 0.2) is 0 Å². The van der Waals surface area contributed by atoms with Crippen LogP contribution in [0.15, 0.2) is 0 Å². The molecule has 2 fully saturated rings. The van der Waals surface area contributed by atoms with E-state index < -0.39 is 0 Å². The first-order valence-corrected chi connectivity index (χ1v) is 8.49. The lowest BCUT2D eigenvalue weighted by molar-refractivity contribution is -0.0514. The second kappa shape index (κ2) is 8.98. The molecule has 2 saturated heterocycles. The first kappa shape index (κ1) is 16.2. The van der Waals surface area contributed by atoms with Crippen LogP contribution in [0.5, 0.6) is 0 Å². The van der Waals surface area contributed by atoms with Gasteiger partial charge < -0.3 is 20.1 Å². The molecule has 2 N–H and O–H groups in total.